The van der Waals surface area contributed by atoms with E-state index in [0.717, 1.165) is 11.1 Å². The van der Waals surface area contributed by atoms with Crippen LogP contribution in [0.2, 0.25) is 5.02 Å². The molecule has 1 amide bonds. The number of ether oxygens (including phenoxy) is 4. The number of fused-ring (bicyclic) bond motifs is 1. The van der Waals surface area contributed by atoms with Gasteiger partial charge in [0.2, 0.25) is 5.91 Å². The summed E-state index contributed by atoms with van der Waals surface area (Å²) in [5.41, 5.74) is 2.27. The van der Waals surface area contributed by atoms with Crippen LogP contribution in [-0.2, 0) is 19.1 Å². The van der Waals surface area contributed by atoms with Gasteiger partial charge in [-0.15, -0.1) is 0 Å². The largest absolute Gasteiger partial charge is 0.490 e. The SMILES string of the molecule is CCOC(C)=O.CCOc1cccc([C@H]2OCC(=O)Nc3ccc(Cl)cc32)c1OCC. The lowest BCUT2D eigenvalue weighted by atomic mass is 9.98. The van der Waals surface area contributed by atoms with Crippen LogP contribution in [0.5, 0.6) is 11.5 Å². The van der Waals surface area contributed by atoms with E-state index in [-0.39, 0.29) is 18.5 Å². The van der Waals surface area contributed by atoms with Crippen LogP contribution in [0.1, 0.15) is 44.9 Å². The van der Waals surface area contributed by atoms with E-state index in [9.17, 15) is 9.59 Å². The van der Waals surface area contributed by atoms with Crippen molar-refractivity contribution in [3.8, 4) is 11.5 Å². The van der Waals surface area contributed by atoms with E-state index >= 15 is 0 Å². The number of benzene rings is 2. The summed E-state index contributed by atoms with van der Waals surface area (Å²) in [6.07, 6.45) is -0.491. The number of amides is 1. The van der Waals surface area contributed by atoms with Crippen molar-refractivity contribution < 1.29 is 28.5 Å². The molecule has 2 aromatic carbocycles. The van der Waals surface area contributed by atoms with Crippen molar-refractivity contribution in [2.45, 2.75) is 33.8 Å². The summed E-state index contributed by atoms with van der Waals surface area (Å²) in [4.78, 5) is 21.8. The van der Waals surface area contributed by atoms with Crippen LogP contribution >= 0.6 is 11.6 Å². The van der Waals surface area contributed by atoms with E-state index in [4.69, 9.17) is 25.8 Å². The number of carbonyl (C=O) groups excluding carboxylic acids is 2. The van der Waals surface area contributed by atoms with E-state index in [1.165, 1.54) is 6.92 Å². The van der Waals surface area contributed by atoms with E-state index in [0.29, 0.717) is 42.0 Å². The summed E-state index contributed by atoms with van der Waals surface area (Å²) in [7, 11) is 0. The third kappa shape index (κ3) is 6.87. The fourth-order valence-corrected chi connectivity index (χ4v) is 3.25. The molecular weight excluding hydrogens is 422 g/mol. The smallest absolute Gasteiger partial charge is 0.302 e. The van der Waals surface area contributed by atoms with Crippen LogP contribution in [-0.4, -0.2) is 38.3 Å². The van der Waals surface area contributed by atoms with Crippen LogP contribution in [0.4, 0.5) is 5.69 Å². The number of hydrogen-bond acceptors (Lipinski definition) is 6. The first kappa shape index (κ1) is 24.5. The molecule has 8 heteroatoms. The van der Waals surface area contributed by atoms with Crippen molar-refractivity contribution in [3.05, 3.63) is 52.5 Å². The maximum Gasteiger partial charge on any atom is 0.302 e. The fourth-order valence-electron chi connectivity index (χ4n) is 3.07. The number of hydrogen-bond donors (Lipinski definition) is 1. The van der Waals surface area contributed by atoms with Gasteiger partial charge in [0.1, 0.15) is 12.7 Å². The maximum atomic E-state index is 12.0. The number of esters is 1. The summed E-state index contributed by atoms with van der Waals surface area (Å²) in [6.45, 7) is 8.45. The Balaban J connectivity index is 0.000000501. The summed E-state index contributed by atoms with van der Waals surface area (Å²) in [6, 6.07) is 11.0. The van der Waals surface area contributed by atoms with Gasteiger partial charge >= 0.3 is 5.97 Å². The molecule has 1 N–H and O–H groups in total. The zero-order valence-electron chi connectivity index (χ0n) is 18.2. The molecule has 1 atom stereocenters. The van der Waals surface area contributed by atoms with Crippen molar-refractivity contribution in [1.29, 1.82) is 0 Å². The van der Waals surface area contributed by atoms with Gasteiger partial charge in [0.25, 0.3) is 0 Å². The molecule has 0 spiro atoms. The molecule has 0 aromatic heterocycles. The Morgan fingerprint density at radius 1 is 1.10 bits per heavy atom. The summed E-state index contributed by atoms with van der Waals surface area (Å²) in [5.74, 6) is 0.859. The third-order valence-corrected chi connectivity index (χ3v) is 4.41. The zero-order valence-corrected chi connectivity index (χ0v) is 19.0. The van der Waals surface area contributed by atoms with Gasteiger partial charge in [-0.1, -0.05) is 23.7 Å². The second kappa shape index (κ2) is 12.2. The van der Waals surface area contributed by atoms with Crippen molar-refractivity contribution in [3.63, 3.8) is 0 Å². The maximum absolute atomic E-state index is 12.0. The van der Waals surface area contributed by atoms with Crippen molar-refractivity contribution in [2.24, 2.45) is 0 Å². The average Bonchev–Trinajstić information content (AvgIpc) is 2.88. The molecule has 0 radical (unpaired) electrons. The van der Waals surface area contributed by atoms with Gasteiger partial charge in [0.05, 0.1) is 19.8 Å². The molecule has 0 bridgehead atoms. The number of para-hydroxylation sites is 1. The van der Waals surface area contributed by atoms with E-state index in [2.05, 4.69) is 10.1 Å². The normalized spacial score (nSPS) is 14.9. The predicted octanol–water partition coefficient (Wildman–Crippen LogP) is 4.76. The molecule has 0 unspecified atom stereocenters. The first-order chi connectivity index (χ1) is 14.9. The van der Waals surface area contributed by atoms with Gasteiger partial charge < -0.3 is 24.3 Å². The molecule has 7 nitrogen and oxygen atoms in total. The molecule has 0 fully saturated rings. The summed E-state index contributed by atoms with van der Waals surface area (Å²) in [5, 5.41) is 3.42. The quantitative estimate of drug-likeness (QED) is 0.640. The Bertz CT molecular complexity index is 902. The third-order valence-electron chi connectivity index (χ3n) is 4.18. The molecular formula is C23H28ClNO6. The Morgan fingerprint density at radius 3 is 2.45 bits per heavy atom. The van der Waals surface area contributed by atoms with Crippen LogP contribution in [0, 0.1) is 0 Å². The standard InChI is InChI=1S/C19H20ClNO4.C4H8O2/c1-3-23-16-7-5-6-13(19(16)24-4-2)18-14-10-12(20)8-9-15(14)21-17(22)11-25-18;1-3-6-4(2)5/h5-10,18H,3-4,11H2,1-2H3,(H,21,22);3H2,1-2H3/t18-;/m1./s1. The molecule has 1 aliphatic rings. The molecule has 0 saturated heterocycles. The van der Waals surface area contributed by atoms with Gasteiger partial charge in [-0.05, 0) is 45.0 Å². The van der Waals surface area contributed by atoms with Crippen molar-refractivity contribution >= 4 is 29.2 Å². The number of halogens is 1. The second-order valence-electron chi connectivity index (χ2n) is 6.44. The highest BCUT2D eigenvalue weighted by molar-refractivity contribution is 6.30. The van der Waals surface area contributed by atoms with Crippen molar-refractivity contribution in [1.82, 2.24) is 0 Å². The molecule has 31 heavy (non-hydrogen) atoms. The van der Waals surface area contributed by atoms with Crippen LogP contribution < -0.4 is 14.8 Å². The minimum atomic E-state index is -0.491. The summed E-state index contributed by atoms with van der Waals surface area (Å²) >= 11 is 6.18. The first-order valence-electron chi connectivity index (χ1n) is 10.1. The molecule has 168 valence electrons. The molecule has 0 saturated carbocycles. The number of rotatable bonds is 6. The predicted molar refractivity (Wildman–Crippen MR) is 119 cm³/mol. The van der Waals surface area contributed by atoms with Crippen LogP contribution in [0.15, 0.2) is 36.4 Å². The second-order valence-corrected chi connectivity index (χ2v) is 6.87. The van der Waals surface area contributed by atoms with Crippen molar-refractivity contribution in [2.75, 3.05) is 31.7 Å². The fraction of sp³-hybridized carbons (Fsp3) is 0.391. The average molecular weight is 450 g/mol. The van der Waals surface area contributed by atoms with E-state index < -0.39 is 6.10 Å². The minimum Gasteiger partial charge on any atom is -0.490 e. The molecule has 0 aliphatic carbocycles. The lowest BCUT2D eigenvalue weighted by molar-refractivity contribution is -0.140. The number of nitrogens with one attached hydrogen (secondary N) is 1. The van der Waals surface area contributed by atoms with Gasteiger partial charge in [0, 0.05) is 28.8 Å². The van der Waals surface area contributed by atoms with Gasteiger partial charge in [0.15, 0.2) is 11.5 Å². The lowest BCUT2D eigenvalue weighted by Crippen LogP contribution is -2.16. The summed E-state index contributed by atoms with van der Waals surface area (Å²) < 4.78 is 21.8. The highest BCUT2D eigenvalue weighted by atomic mass is 35.5. The van der Waals surface area contributed by atoms with Gasteiger partial charge in [-0.25, -0.2) is 0 Å². The van der Waals surface area contributed by atoms with E-state index in [1.807, 2.05) is 32.0 Å². The molecule has 2 aromatic rings. The zero-order chi connectivity index (χ0) is 22.8. The monoisotopic (exact) mass is 449 g/mol. The Kier molecular flexibility index (Phi) is 9.62. The molecule has 1 heterocycles. The van der Waals surface area contributed by atoms with Crippen LogP contribution in [0.25, 0.3) is 0 Å². The topological polar surface area (TPSA) is 83.1 Å². The first-order valence-corrected chi connectivity index (χ1v) is 10.5. The van der Waals surface area contributed by atoms with Gasteiger partial charge in [-0.2, -0.15) is 0 Å². The highest BCUT2D eigenvalue weighted by Crippen LogP contribution is 2.42. The van der Waals surface area contributed by atoms with Gasteiger partial charge in [-0.3, -0.25) is 9.59 Å². The van der Waals surface area contributed by atoms with Crippen LogP contribution in [0.3, 0.4) is 0 Å². The Hall–Kier alpha value is -2.77. The highest BCUT2D eigenvalue weighted by Gasteiger charge is 2.28. The number of carbonyl (C=O) groups is 2. The Labute approximate surface area is 187 Å². The molecule has 3 rings (SSSR count). The lowest BCUT2D eigenvalue weighted by Gasteiger charge is -2.22. The molecule has 1 aliphatic heterocycles. The Morgan fingerprint density at radius 2 is 1.84 bits per heavy atom. The minimum absolute atomic E-state index is 0.0542. The number of anilines is 1. The van der Waals surface area contributed by atoms with E-state index in [1.54, 1.807) is 25.1 Å².